The molecule has 63 heavy (non-hydrogen) atoms. The Kier molecular flexibility index (Phi) is 29.4. The van der Waals surface area contributed by atoms with Crippen molar-refractivity contribution >= 4 is 36.0 Å². The molecule has 360 valence electrons. The third-order valence-electron chi connectivity index (χ3n) is 11.8. The first-order valence-corrected chi connectivity index (χ1v) is 23.1. The molecule has 6 N–H and O–H groups in total. The number of aldehydes is 1. The fraction of sp³-hybridized carbons (Fsp3) is 0.714. The van der Waals surface area contributed by atoms with Gasteiger partial charge in [-0.3, -0.25) is 14.4 Å². The van der Waals surface area contributed by atoms with Crippen molar-refractivity contribution in [3.63, 3.8) is 0 Å². The molecule has 3 unspecified atom stereocenters. The molecular weight excluding hydrogens is 799 g/mol. The Balaban J connectivity index is 0.000000859. The number of nitrogens with zero attached hydrogens (tertiary/aromatic N) is 2. The molecule has 14 heteroatoms. The number of piperidine rings is 1. The molecule has 3 aliphatic rings. The van der Waals surface area contributed by atoms with Crippen molar-refractivity contribution in [2.75, 3.05) is 46.3 Å². The van der Waals surface area contributed by atoms with Crippen molar-refractivity contribution in [2.45, 2.75) is 165 Å². The second-order valence-corrected chi connectivity index (χ2v) is 19.3. The van der Waals surface area contributed by atoms with Crippen molar-refractivity contribution in [3.8, 4) is 0 Å². The Labute approximate surface area is 380 Å². The van der Waals surface area contributed by atoms with Crippen LogP contribution in [0.25, 0.3) is 0 Å². The zero-order valence-corrected chi connectivity index (χ0v) is 41.0. The maximum absolute atomic E-state index is 12.6. The van der Waals surface area contributed by atoms with Gasteiger partial charge in [0.05, 0.1) is 6.04 Å². The number of carbonyl (C=O) groups is 6. The average Bonchev–Trinajstić information content (AvgIpc) is 3.73. The van der Waals surface area contributed by atoms with Gasteiger partial charge in [-0.05, 0) is 93.8 Å². The van der Waals surface area contributed by atoms with Crippen molar-refractivity contribution in [3.05, 3.63) is 48.6 Å². The van der Waals surface area contributed by atoms with Crippen LogP contribution < -0.4 is 26.6 Å². The summed E-state index contributed by atoms with van der Waals surface area (Å²) in [5, 5.41) is 22.5. The largest absolute Gasteiger partial charge is 0.465 e. The predicted octanol–water partition coefficient (Wildman–Crippen LogP) is 7.72. The van der Waals surface area contributed by atoms with Crippen LogP contribution in [0.3, 0.4) is 0 Å². The smallest absolute Gasteiger partial charge is 0.404 e. The topological polar surface area (TPSA) is 189 Å². The van der Waals surface area contributed by atoms with Gasteiger partial charge in [-0.25, -0.2) is 9.59 Å². The molecule has 2 heterocycles. The summed E-state index contributed by atoms with van der Waals surface area (Å²) in [6, 6.07) is 10.1. The number of nitrogens with one attached hydrogen (secondary N) is 5. The molecule has 1 aliphatic carbocycles. The Bertz CT molecular complexity index is 1480. The van der Waals surface area contributed by atoms with E-state index in [2.05, 4.69) is 93.5 Å². The van der Waals surface area contributed by atoms with Gasteiger partial charge in [0.15, 0.2) is 0 Å². The fourth-order valence-electron chi connectivity index (χ4n) is 7.19. The van der Waals surface area contributed by atoms with Gasteiger partial charge in [0.1, 0.15) is 6.29 Å². The molecule has 4 rings (SSSR count). The molecule has 0 bridgehead atoms. The summed E-state index contributed by atoms with van der Waals surface area (Å²) in [6.07, 6.45) is 14.7. The van der Waals surface area contributed by atoms with Crippen molar-refractivity contribution in [1.82, 2.24) is 36.4 Å². The monoisotopic (exact) mass is 886 g/mol. The summed E-state index contributed by atoms with van der Waals surface area (Å²) < 4.78 is 0. The van der Waals surface area contributed by atoms with Gasteiger partial charge in [-0.15, -0.1) is 6.58 Å². The van der Waals surface area contributed by atoms with Crippen LogP contribution in [-0.2, 0) is 25.7 Å². The molecule has 14 nitrogen and oxygen atoms in total. The fourth-order valence-corrected chi connectivity index (χ4v) is 7.19. The number of ketones is 1. The van der Waals surface area contributed by atoms with Gasteiger partial charge in [-0.1, -0.05) is 111 Å². The molecule has 3 atom stereocenters. The summed E-state index contributed by atoms with van der Waals surface area (Å²) in [5.74, 6) is -1.03. The number of rotatable bonds is 14. The Hall–Kier alpha value is -4.30. The van der Waals surface area contributed by atoms with Crippen LogP contribution in [0.4, 0.5) is 9.59 Å². The second kappa shape index (κ2) is 31.5. The lowest BCUT2D eigenvalue weighted by Gasteiger charge is -2.41. The summed E-state index contributed by atoms with van der Waals surface area (Å²) >= 11 is 0. The SMILES string of the molecule is C=CCNC(=O)C(C)=O.CC(=O)N1CCCC1C=O.CC1(C)CCN(CC(NC(=O)NCC2(C)CCCCC2)C(C)(C)C)CC1.CCCC(C)NC.O=C(O)NCc1ccccc1. The van der Waals surface area contributed by atoms with E-state index in [0.29, 0.717) is 24.5 Å². The molecule has 2 saturated heterocycles. The number of benzene rings is 1. The third kappa shape index (κ3) is 28.2. The van der Waals surface area contributed by atoms with E-state index in [1.54, 1.807) is 4.90 Å². The average molecular weight is 886 g/mol. The van der Waals surface area contributed by atoms with Gasteiger partial charge >= 0.3 is 12.1 Å². The van der Waals surface area contributed by atoms with Gasteiger partial charge in [0.2, 0.25) is 11.7 Å². The quantitative estimate of drug-likeness (QED) is 0.0618. The zero-order valence-electron chi connectivity index (χ0n) is 41.0. The van der Waals surface area contributed by atoms with Gasteiger partial charge in [-0.2, -0.15) is 0 Å². The normalized spacial score (nSPS) is 18.5. The number of Topliss-reactive ketones (excluding diaryl/α,β-unsaturated/α-hetero) is 1. The summed E-state index contributed by atoms with van der Waals surface area (Å²) in [7, 11) is 2.00. The van der Waals surface area contributed by atoms with Crippen LogP contribution in [0.1, 0.15) is 145 Å². The summed E-state index contributed by atoms with van der Waals surface area (Å²) in [4.78, 5) is 68.5. The van der Waals surface area contributed by atoms with Gasteiger partial charge in [0.25, 0.3) is 5.91 Å². The highest BCUT2D eigenvalue weighted by molar-refractivity contribution is 6.35. The first-order chi connectivity index (χ1) is 29.5. The van der Waals surface area contributed by atoms with E-state index in [-0.39, 0.29) is 34.9 Å². The maximum Gasteiger partial charge on any atom is 0.404 e. The van der Waals surface area contributed by atoms with Crippen LogP contribution in [0, 0.1) is 16.2 Å². The molecule has 0 spiro atoms. The number of carboxylic acid groups (broad SMARTS) is 1. The van der Waals surface area contributed by atoms with Crippen molar-refractivity contribution < 1.29 is 33.9 Å². The second-order valence-electron chi connectivity index (χ2n) is 19.3. The number of carbonyl (C=O) groups excluding carboxylic acids is 5. The first kappa shape index (κ1) is 58.7. The number of urea groups is 1. The minimum atomic E-state index is -0.992. The van der Waals surface area contributed by atoms with Crippen LogP contribution in [0.2, 0.25) is 0 Å². The van der Waals surface area contributed by atoms with E-state index in [1.807, 2.05) is 37.4 Å². The van der Waals surface area contributed by atoms with Crippen LogP contribution >= 0.6 is 0 Å². The first-order valence-electron chi connectivity index (χ1n) is 23.1. The van der Waals surface area contributed by atoms with Crippen LogP contribution in [-0.4, -0.2) is 115 Å². The van der Waals surface area contributed by atoms with E-state index < -0.39 is 17.8 Å². The Morgan fingerprint density at radius 2 is 1.51 bits per heavy atom. The van der Waals surface area contributed by atoms with E-state index in [4.69, 9.17) is 5.11 Å². The predicted molar refractivity (Wildman–Crippen MR) is 256 cm³/mol. The lowest BCUT2D eigenvalue weighted by Crippen LogP contribution is -2.55. The molecule has 5 amide bonds. The molecule has 1 aromatic carbocycles. The highest BCUT2D eigenvalue weighted by Gasteiger charge is 2.33. The molecule has 0 aromatic heterocycles. The highest BCUT2D eigenvalue weighted by atomic mass is 16.4. The molecule has 2 aliphatic heterocycles. The Morgan fingerprint density at radius 1 is 0.905 bits per heavy atom. The molecular formula is C49H87N7O7. The van der Waals surface area contributed by atoms with Gasteiger partial charge in [0, 0.05) is 58.7 Å². The van der Waals surface area contributed by atoms with Gasteiger partial charge < -0.3 is 46.3 Å². The van der Waals surface area contributed by atoms with E-state index in [0.717, 1.165) is 57.4 Å². The molecule has 3 fully saturated rings. The van der Waals surface area contributed by atoms with E-state index in [1.165, 1.54) is 77.7 Å². The minimum absolute atomic E-state index is 0.00839. The highest BCUT2D eigenvalue weighted by Crippen LogP contribution is 2.35. The number of hydrogen-bond acceptors (Lipinski definition) is 8. The van der Waals surface area contributed by atoms with Crippen molar-refractivity contribution in [1.29, 1.82) is 0 Å². The lowest BCUT2D eigenvalue weighted by molar-refractivity contribution is -0.136. The summed E-state index contributed by atoms with van der Waals surface area (Å²) in [5.41, 5.74) is 1.77. The van der Waals surface area contributed by atoms with Crippen LogP contribution in [0.15, 0.2) is 43.0 Å². The molecule has 0 radical (unpaired) electrons. The van der Waals surface area contributed by atoms with Crippen LogP contribution in [0.5, 0.6) is 0 Å². The zero-order chi connectivity index (χ0) is 48.1. The van der Waals surface area contributed by atoms with E-state index in [9.17, 15) is 28.8 Å². The molecule has 1 saturated carbocycles. The number of amides is 5. The maximum atomic E-state index is 12.6. The summed E-state index contributed by atoms with van der Waals surface area (Å²) in [6.45, 7) is 29.7. The lowest BCUT2D eigenvalue weighted by atomic mass is 9.76. The number of hydrogen-bond donors (Lipinski definition) is 6. The number of likely N-dealkylation sites (tertiary alicyclic amines) is 2. The minimum Gasteiger partial charge on any atom is -0.465 e. The van der Waals surface area contributed by atoms with E-state index >= 15 is 0 Å². The standard InChI is InChI=1S/C22H43N3O.C8H9NO2.C7H11NO2.C6H9NO2.C6H15N/c1-20(2,3)18(16-25-14-12-21(4,5)13-15-25)24-19(26)23-17-22(6)10-8-7-9-11-22;10-8(11)9-6-7-4-2-1-3-5-7;1-6(10)8-4-2-3-7(8)5-9;1-3-4-7-6(9)5(2)8;1-4-5-6(2)7-3/h18H,7-17H2,1-6H3,(H2,23,24,26);1-5,9H,6H2,(H,10,11);5,7H,2-4H2,1H3;3H,1,4H2,2H3,(H,7,9);6-7H,4-5H2,1-3H3. The Morgan fingerprint density at radius 3 is 1.95 bits per heavy atom. The molecule has 1 aromatic rings. The third-order valence-corrected chi connectivity index (χ3v) is 11.8. The van der Waals surface area contributed by atoms with Crippen molar-refractivity contribution in [2.24, 2.45) is 16.2 Å².